The molecular weight excluding hydrogens is 334 g/mol. The topological polar surface area (TPSA) is 104 Å². The van der Waals surface area contributed by atoms with Gasteiger partial charge in [0.25, 0.3) is 5.89 Å². The van der Waals surface area contributed by atoms with Crippen molar-refractivity contribution in [3.63, 3.8) is 0 Å². The van der Waals surface area contributed by atoms with Gasteiger partial charge in [0.1, 0.15) is 12.1 Å². The number of methoxy groups -OCH3 is 1. The summed E-state index contributed by atoms with van der Waals surface area (Å²) >= 11 is 6.34. The van der Waals surface area contributed by atoms with Gasteiger partial charge in [0.05, 0.1) is 23.4 Å². The minimum Gasteiger partial charge on any atom is -0.496 e. The quantitative estimate of drug-likeness (QED) is 0.714. The van der Waals surface area contributed by atoms with Crippen LogP contribution >= 0.6 is 11.6 Å². The maximum Gasteiger partial charge on any atom is 0.261 e. The highest BCUT2D eigenvalue weighted by Gasteiger charge is 2.18. The van der Waals surface area contributed by atoms with Crippen LogP contribution in [0.1, 0.15) is 12.7 Å². The molecule has 3 aromatic rings. The summed E-state index contributed by atoms with van der Waals surface area (Å²) in [6.07, 6.45) is 2.10. The highest BCUT2D eigenvalue weighted by Crippen LogP contribution is 2.35. The van der Waals surface area contributed by atoms with Gasteiger partial charge in [-0.05, 0) is 30.5 Å². The lowest BCUT2D eigenvalue weighted by Crippen LogP contribution is -2.24. The first kappa shape index (κ1) is 16.3. The molecular formula is C14H16ClN7O2. The maximum absolute atomic E-state index is 6.34. The molecule has 0 aliphatic heterocycles. The van der Waals surface area contributed by atoms with Crippen LogP contribution in [0.25, 0.3) is 17.1 Å². The van der Waals surface area contributed by atoms with Gasteiger partial charge in [-0.2, -0.15) is 9.67 Å². The minimum atomic E-state index is 0.239. The second-order valence-electron chi connectivity index (χ2n) is 5.17. The second-order valence-corrected chi connectivity index (χ2v) is 5.58. The number of benzene rings is 1. The lowest BCUT2D eigenvalue weighted by Gasteiger charge is -2.09. The lowest BCUT2D eigenvalue weighted by molar-refractivity contribution is 0.401. The molecule has 2 aromatic heterocycles. The third kappa shape index (κ3) is 3.22. The summed E-state index contributed by atoms with van der Waals surface area (Å²) in [6.45, 7) is 2.04. The number of hydrogen-bond donors (Lipinski definition) is 1. The molecule has 0 saturated carbocycles. The molecule has 3 rings (SSSR count). The fourth-order valence-corrected chi connectivity index (χ4v) is 2.40. The van der Waals surface area contributed by atoms with Crippen molar-refractivity contribution in [1.29, 1.82) is 0 Å². The zero-order valence-electron chi connectivity index (χ0n) is 13.4. The Balaban J connectivity index is 1.98. The zero-order chi connectivity index (χ0) is 17.1. The van der Waals surface area contributed by atoms with Crippen molar-refractivity contribution in [3.05, 3.63) is 29.3 Å². The van der Waals surface area contributed by atoms with Gasteiger partial charge in [-0.15, -0.1) is 5.10 Å². The molecule has 9 nitrogen and oxygen atoms in total. The SMILES string of the molecule is CNC(C)Cc1noc(-c2cc(Cl)c(-n3cnnn3)cc2OC)n1. The second kappa shape index (κ2) is 6.93. The van der Waals surface area contributed by atoms with Crippen molar-refractivity contribution in [2.24, 2.45) is 0 Å². The van der Waals surface area contributed by atoms with Gasteiger partial charge in [-0.3, -0.25) is 0 Å². The number of aromatic nitrogens is 6. The fourth-order valence-electron chi connectivity index (χ4n) is 2.15. The van der Waals surface area contributed by atoms with Crippen LogP contribution in [-0.4, -0.2) is 50.5 Å². The van der Waals surface area contributed by atoms with Crippen LogP contribution in [-0.2, 0) is 6.42 Å². The molecule has 24 heavy (non-hydrogen) atoms. The molecule has 10 heteroatoms. The Morgan fingerprint density at radius 3 is 2.92 bits per heavy atom. The van der Waals surface area contributed by atoms with E-state index in [0.717, 1.165) is 0 Å². The van der Waals surface area contributed by atoms with Crippen LogP contribution in [0.4, 0.5) is 0 Å². The van der Waals surface area contributed by atoms with Crippen LogP contribution < -0.4 is 10.1 Å². The van der Waals surface area contributed by atoms with E-state index in [4.69, 9.17) is 20.9 Å². The molecule has 1 atom stereocenters. The number of tetrazole rings is 1. The van der Waals surface area contributed by atoms with E-state index in [9.17, 15) is 0 Å². The molecule has 0 bridgehead atoms. The highest BCUT2D eigenvalue weighted by molar-refractivity contribution is 6.32. The Hall–Kier alpha value is -2.52. The number of halogens is 1. The average Bonchev–Trinajstić information content (AvgIpc) is 3.26. The Kier molecular flexibility index (Phi) is 4.72. The fraction of sp³-hybridized carbons (Fsp3) is 0.357. The highest BCUT2D eigenvalue weighted by atomic mass is 35.5. The van der Waals surface area contributed by atoms with Gasteiger partial charge in [-0.25, -0.2) is 0 Å². The average molecular weight is 350 g/mol. The zero-order valence-corrected chi connectivity index (χ0v) is 14.2. The lowest BCUT2D eigenvalue weighted by atomic mass is 10.1. The summed E-state index contributed by atoms with van der Waals surface area (Å²) in [7, 11) is 3.43. The molecule has 126 valence electrons. The first-order valence-corrected chi connectivity index (χ1v) is 7.61. The summed E-state index contributed by atoms with van der Waals surface area (Å²) in [4.78, 5) is 4.41. The van der Waals surface area contributed by atoms with Crippen molar-refractivity contribution < 1.29 is 9.26 Å². The van der Waals surface area contributed by atoms with E-state index in [1.54, 1.807) is 19.2 Å². The van der Waals surface area contributed by atoms with E-state index in [1.807, 2.05) is 14.0 Å². The molecule has 0 amide bonds. The summed E-state index contributed by atoms with van der Waals surface area (Å²) in [6, 6.07) is 3.65. The van der Waals surface area contributed by atoms with Crippen LogP contribution in [0.15, 0.2) is 23.0 Å². The third-order valence-electron chi connectivity index (χ3n) is 3.54. The number of ether oxygens (including phenoxy) is 1. The standard InChI is InChI=1S/C14H16ClN7O2/c1-8(16-2)4-13-18-14(24-19-13)9-5-10(15)11(6-12(9)23-3)22-7-17-20-21-22/h5-8,16H,4H2,1-3H3. The Morgan fingerprint density at radius 1 is 1.42 bits per heavy atom. The molecule has 1 aromatic carbocycles. The van der Waals surface area contributed by atoms with E-state index in [-0.39, 0.29) is 6.04 Å². The smallest absolute Gasteiger partial charge is 0.261 e. The number of nitrogens with one attached hydrogen (secondary N) is 1. The van der Waals surface area contributed by atoms with Crippen molar-refractivity contribution in [3.8, 4) is 22.9 Å². The molecule has 0 aliphatic rings. The molecule has 2 heterocycles. The van der Waals surface area contributed by atoms with E-state index >= 15 is 0 Å². The third-order valence-corrected chi connectivity index (χ3v) is 3.85. The van der Waals surface area contributed by atoms with Crippen molar-refractivity contribution >= 4 is 11.6 Å². The predicted molar refractivity (Wildman–Crippen MR) is 86.2 cm³/mol. The Labute approximate surface area is 143 Å². The summed E-state index contributed by atoms with van der Waals surface area (Å²) in [5, 5.41) is 18.6. The monoisotopic (exact) mass is 349 g/mol. The van der Waals surface area contributed by atoms with Crippen LogP contribution in [0.3, 0.4) is 0 Å². The van der Waals surface area contributed by atoms with Gasteiger partial charge < -0.3 is 14.6 Å². The summed E-state index contributed by atoms with van der Waals surface area (Å²) < 4.78 is 12.2. The van der Waals surface area contributed by atoms with Crippen LogP contribution in [0.2, 0.25) is 5.02 Å². The molecule has 0 radical (unpaired) electrons. The Morgan fingerprint density at radius 2 is 2.25 bits per heavy atom. The first-order chi connectivity index (χ1) is 11.6. The van der Waals surface area contributed by atoms with Crippen molar-refractivity contribution in [2.45, 2.75) is 19.4 Å². The maximum atomic E-state index is 6.34. The van der Waals surface area contributed by atoms with Crippen molar-refractivity contribution in [1.82, 2.24) is 35.7 Å². The van der Waals surface area contributed by atoms with Gasteiger partial charge in [0.15, 0.2) is 5.82 Å². The molecule has 0 saturated heterocycles. The number of hydrogen-bond acceptors (Lipinski definition) is 8. The minimum absolute atomic E-state index is 0.239. The number of rotatable bonds is 6. The van der Waals surface area contributed by atoms with E-state index in [1.165, 1.54) is 11.0 Å². The van der Waals surface area contributed by atoms with E-state index in [0.29, 0.717) is 40.2 Å². The largest absolute Gasteiger partial charge is 0.496 e. The number of likely N-dealkylation sites (N-methyl/N-ethyl adjacent to an activating group) is 1. The molecule has 0 aliphatic carbocycles. The van der Waals surface area contributed by atoms with E-state index in [2.05, 4.69) is 31.0 Å². The van der Waals surface area contributed by atoms with E-state index < -0.39 is 0 Å². The van der Waals surface area contributed by atoms with Gasteiger partial charge >= 0.3 is 0 Å². The Bertz CT molecular complexity index is 819. The summed E-state index contributed by atoms with van der Waals surface area (Å²) in [5.74, 6) is 1.48. The van der Waals surface area contributed by atoms with Crippen LogP contribution in [0.5, 0.6) is 5.75 Å². The molecule has 0 spiro atoms. The summed E-state index contributed by atoms with van der Waals surface area (Å²) in [5.41, 5.74) is 1.20. The normalized spacial score (nSPS) is 12.3. The first-order valence-electron chi connectivity index (χ1n) is 7.23. The van der Waals surface area contributed by atoms with Gasteiger partial charge in [-0.1, -0.05) is 16.8 Å². The van der Waals surface area contributed by atoms with Gasteiger partial charge in [0, 0.05) is 18.5 Å². The molecule has 0 fully saturated rings. The number of nitrogens with zero attached hydrogens (tertiary/aromatic N) is 6. The molecule has 1 N–H and O–H groups in total. The molecule has 1 unspecified atom stereocenters. The predicted octanol–water partition coefficient (Wildman–Crippen LogP) is 1.52. The van der Waals surface area contributed by atoms with Gasteiger partial charge in [0.2, 0.25) is 0 Å². The van der Waals surface area contributed by atoms with Crippen molar-refractivity contribution in [2.75, 3.05) is 14.2 Å². The van der Waals surface area contributed by atoms with Crippen LogP contribution in [0, 0.1) is 0 Å².